The van der Waals surface area contributed by atoms with Crippen LogP contribution in [0, 0.1) is 23.5 Å². The number of halogens is 2. The molecular weight excluding hydrogens is 222 g/mol. The highest BCUT2D eigenvalue weighted by atomic mass is 19.1. The fraction of sp³-hybridized carbons (Fsp3) is 0.571. The molecule has 2 unspecified atom stereocenters. The molecule has 0 amide bonds. The molecule has 0 aliphatic heterocycles. The minimum atomic E-state index is -1.35. The first-order valence-corrected chi connectivity index (χ1v) is 6.09. The Morgan fingerprint density at radius 2 is 1.59 bits per heavy atom. The SMILES string of the molecule is CC1CC(C)CC(O)(c2c(F)cccc2F)C1. The second-order valence-electron chi connectivity index (χ2n) is 5.48. The Morgan fingerprint density at radius 3 is 2.06 bits per heavy atom. The zero-order chi connectivity index (χ0) is 12.6. The first-order chi connectivity index (χ1) is 7.92. The fourth-order valence-electron chi connectivity index (χ4n) is 3.24. The average Bonchev–Trinajstić information content (AvgIpc) is 2.13. The molecule has 0 saturated heterocycles. The molecule has 1 fully saturated rings. The van der Waals surface area contributed by atoms with Gasteiger partial charge in [-0.3, -0.25) is 0 Å². The van der Waals surface area contributed by atoms with Crippen LogP contribution in [0.5, 0.6) is 0 Å². The van der Waals surface area contributed by atoms with Crippen LogP contribution < -0.4 is 0 Å². The third kappa shape index (κ3) is 2.34. The van der Waals surface area contributed by atoms with E-state index in [0.29, 0.717) is 12.8 Å². The summed E-state index contributed by atoms with van der Waals surface area (Å²) in [6.07, 6.45) is 1.85. The molecule has 1 aliphatic rings. The highest BCUT2D eigenvalue weighted by molar-refractivity contribution is 5.27. The van der Waals surface area contributed by atoms with Crippen LogP contribution in [0.25, 0.3) is 0 Å². The van der Waals surface area contributed by atoms with Gasteiger partial charge >= 0.3 is 0 Å². The summed E-state index contributed by atoms with van der Waals surface area (Å²) in [5.41, 5.74) is -1.51. The van der Waals surface area contributed by atoms with Crippen molar-refractivity contribution in [2.24, 2.45) is 11.8 Å². The van der Waals surface area contributed by atoms with Crippen molar-refractivity contribution >= 4 is 0 Å². The highest BCUT2D eigenvalue weighted by Crippen LogP contribution is 2.43. The normalized spacial score (nSPS) is 33.7. The van der Waals surface area contributed by atoms with Crippen molar-refractivity contribution in [1.82, 2.24) is 0 Å². The van der Waals surface area contributed by atoms with Gasteiger partial charge in [0, 0.05) is 0 Å². The summed E-state index contributed by atoms with van der Waals surface area (Å²) in [7, 11) is 0. The van der Waals surface area contributed by atoms with Crippen molar-refractivity contribution in [1.29, 1.82) is 0 Å². The molecule has 2 rings (SSSR count). The van der Waals surface area contributed by atoms with E-state index in [1.807, 2.05) is 13.8 Å². The third-order valence-corrected chi connectivity index (χ3v) is 3.61. The van der Waals surface area contributed by atoms with Gasteiger partial charge in [-0.25, -0.2) is 8.78 Å². The first kappa shape index (κ1) is 12.5. The molecule has 0 radical (unpaired) electrons. The Kier molecular flexibility index (Phi) is 3.21. The van der Waals surface area contributed by atoms with E-state index in [4.69, 9.17) is 0 Å². The summed E-state index contributed by atoms with van der Waals surface area (Å²) < 4.78 is 27.5. The Labute approximate surface area is 100 Å². The van der Waals surface area contributed by atoms with Gasteiger partial charge in [-0.05, 0) is 43.2 Å². The van der Waals surface area contributed by atoms with Crippen LogP contribution in [0.1, 0.15) is 38.7 Å². The zero-order valence-corrected chi connectivity index (χ0v) is 10.2. The summed E-state index contributed by atoms with van der Waals surface area (Å²) in [5, 5.41) is 10.6. The molecule has 3 heteroatoms. The zero-order valence-electron chi connectivity index (χ0n) is 10.2. The van der Waals surface area contributed by atoms with Crippen molar-refractivity contribution < 1.29 is 13.9 Å². The maximum absolute atomic E-state index is 13.7. The maximum atomic E-state index is 13.7. The number of aliphatic hydroxyl groups is 1. The molecule has 1 aliphatic carbocycles. The second-order valence-corrected chi connectivity index (χ2v) is 5.48. The lowest BCUT2D eigenvalue weighted by Gasteiger charge is -2.39. The fourth-order valence-corrected chi connectivity index (χ4v) is 3.24. The molecule has 0 aromatic heterocycles. The molecule has 94 valence electrons. The van der Waals surface area contributed by atoms with Crippen molar-refractivity contribution in [3.63, 3.8) is 0 Å². The summed E-state index contributed by atoms with van der Waals surface area (Å²) in [6.45, 7) is 4.03. The topological polar surface area (TPSA) is 20.2 Å². The van der Waals surface area contributed by atoms with Crippen LogP contribution in [0.15, 0.2) is 18.2 Å². The third-order valence-electron chi connectivity index (χ3n) is 3.61. The maximum Gasteiger partial charge on any atom is 0.132 e. The molecule has 1 aromatic rings. The predicted octanol–water partition coefficient (Wildman–Crippen LogP) is 3.61. The van der Waals surface area contributed by atoms with Crippen molar-refractivity contribution in [3.8, 4) is 0 Å². The minimum Gasteiger partial charge on any atom is -0.385 e. The molecule has 1 N–H and O–H groups in total. The van der Waals surface area contributed by atoms with E-state index in [-0.39, 0.29) is 17.4 Å². The molecular formula is C14H18F2O. The van der Waals surface area contributed by atoms with E-state index in [1.54, 1.807) is 0 Å². The number of rotatable bonds is 1. The minimum absolute atomic E-state index is 0.154. The number of hydrogen-bond acceptors (Lipinski definition) is 1. The lowest BCUT2D eigenvalue weighted by Crippen LogP contribution is -2.37. The van der Waals surface area contributed by atoms with E-state index in [2.05, 4.69) is 0 Å². The van der Waals surface area contributed by atoms with Crippen LogP contribution in [0.3, 0.4) is 0 Å². The second kappa shape index (κ2) is 4.37. The summed E-state index contributed by atoms with van der Waals surface area (Å²) in [6, 6.07) is 3.74. The van der Waals surface area contributed by atoms with E-state index in [9.17, 15) is 13.9 Å². The van der Waals surface area contributed by atoms with Crippen molar-refractivity contribution in [2.75, 3.05) is 0 Å². The van der Waals surface area contributed by atoms with Gasteiger partial charge in [0.15, 0.2) is 0 Å². The number of benzene rings is 1. The van der Waals surface area contributed by atoms with Crippen molar-refractivity contribution in [2.45, 2.75) is 38.7 Å². The van der Waals surface area contributed by atoms with Crippen LogP contribution in [0.4, 0.5) is 8.78 Å². The van der Waals surface area contributed by atoms with Crippen molar-refractivity contribution in [3.05, 3.63) is 35.4 Å². The summed E-state index contributed by atoms with van der Waals surface area (Å²) in [5.74, 6) is -0.729. The monoisotopic (exact) mass is 240 g/mol. The Hall–Kier alpha value is -0.960. The Balaban J connectivity index is 2.43. The molecule has 0 spiro atoms. The van der Waals surface area contributed by atoms with Gasteiger partial charge in [-0.15, -0.1) is 0 Å². The van der Waals surface area contributed by atoms with Gasteiger partial charge < -0.3 is 5.11 Å². The van der Waals surface area contributed by atoms with Crippen LogP contribution >= 0.6 is 0 Å². The van der Waals surface area contributed by atoms with Gasteiger partial charge in [0.2, 0.25) is 0 Å². The van der Waals surface area contributed by atoms with Gasteiger partial charge in [0.25, 0.3) is 0 Å². The van der Waals surface area contributed by atoms with Gasteiger partial charge in [0.05, 0.1) is 11.2 Å². The van der Waals surface area contributed by atoms with Gasteiger partial charge in [-0.2, -0.15) is 0 Å². The highest BCUT2D eigenvalue weighted by Gasteiger charge is 2.41. The lowest BCUT2D eigenvalue weighted by atomic mass is 9.70. The summed E-state index contributed by atoms with van der Waals surface area (Å²) in [4.78, 5) is 0. The first-order valence-electron chi connectivity index (χ1n) is 6.09. The van der Waals surface area contributed by atoms with Crippen LogP contribution in [-0.4, -0.2) is 5.11 Å². The summed E-state index contributed by atoms with van der Waals surface area (Å²) >= 11 is 0. The molecule has 1 aromatic carbocycles. The van der Waals surface area contributed by atoms with E-state index in [0.717, 1.165) is 6.42 Å². The molecule has 1 nitrogen and oxygen atoms in total. The van der Waals surface area contributed by atoms with Gasteiger partial charge in [-0.1, -0.05) is 19.9 Å². The number of hydrogen-bond donors (Lipinski definition) is 1. The molecule has 1 saturated carbocycles. The predicted molar refractivity (Wildman–Crippen MR) is 62.4 cm³/mol. The molecule has 17 heavy (non-hydrogen) atoms. The van der Waals surface area contributed by atoms with Crippen LogP contribution in [0.2, 0.25) is 0 Å². The van der Waals surface area contributed by atoms with Gasteiger partial charge in [0.1, 0.15) is 11.6 Å². The lowest BCUT2D eigenvalue weighted by molar-refractivity contribution is -0.0415. The smallest absolute Gasteiger partial charge is 0.132 e. The quantitative estimate of drug-likeness (QED) is 0.795. The average molecular weight is 240 g/mol. The standard InChI is InChI=1S/C14H18F2O/c1-9-6-10(2)8-14(17,7-9)13-11(15)4-3-5-12(13)16/h3-5,9-10,17H,6-8H2,1-2H3. The van der Waals surface area contributed by atoms with Crippen LogP contribution in [-0.2, 0) is 5.60 Å². The van der Waals surface area contributed by atoms with E-state index < -0.39 is 17.2 Å². The largest absolute Gasteiger partial charge is 0.385 e. The van der Waals surface area contributed by atoms with E-state index in [1.165, 1.54) is 18.2 Å². The molecule has 0 bridgehead atoms. The molecule has 0 heterocycles. The Bertz CT molecular complexity index is 386. The van der Waals surface area contributed by atoms with E-state index >= 15 is 0 Å². The Morgan fingerprint density at radius 1 is 1.12 bits per heavy atom. The molecule has 2 atom stereocenters.